The van der Waals surface area contributed by atoms with Gasteiger partial charge in [0, 0.05) is 0 Å². The molecule has 1 fully saturated rings. The zero-order valence-electron chi connectivity index (χ0n) is 13.0. The largest absolute Gasteiger partial charge is 0.324 e. The molecular formula is C11H31N3Si3. The molecule has 0 spiro atoms. The van der Waals surface area contributed by atoms with E-state index in [-0.39, 0.29) is 0 Å². The molecule has 0 aromatic carbocycles. The van der Waals surface area contributed by atoms with Crippen molar-refractivity contribution < 1.29 is 0 Å². The molecule has 102 valence electrons. The highest BCUT2D eigenvalue weighted by Crippen LogP contribution is 2.24. The molecule has 3 nitrogen and oxygen atoms in total. The summed E-state index contributed by atoms with van der Waals surface area (Å²) in [6.45, 7) is 17.7. The fourth-order valence-electron chi connectivity index (χ4n) is 2.73. The summed E-state index contributed by atoms with van der Waals surface area (Å²) in [6, 6.07) is 0. The molecule has 1 aliphatic rings. The first kappa shape index (κ1) is 15.6. The Morgan fingerprint density at radius 3 is 1.41 bits per heavy atom. The van der Waals surface area contributed by atoms with Gasteiger partial charge in [-0.15, -0.1) is 0 Å². The highest BCUT2D eigenvalue weighted by Gasteiger charge is 2.43. The molecule has 6 heteroatoms. The van der Waals surface area contributed by atoms with Crippen molar-refractivity contribution in [1.29, 1.82) is 0 Å². The highest BCUT2D eigenvalue weighted by atomic mass is 28.4. The smallest absolute Gasteiger partial charge is 0.258 e. The van der Waals surface area contributed by atoms with Gasteiger partial charge in [0.05, 0.1) is 0 Å². The lowest BCUT2D eigenvalue weighted by Gasteiger charge is -2.54. The van der Waals surface area contributed by atoms with Gasteiger partial charge in [-0.2, -0.15) is 0 Å². The standard InChI is InChI=1S/C11H31N3Si3/c1-12(2)15-13(16(3,4)5)10-9-11-14(15)17(6,7)8/h15H,9-11H2,1-8H3. The fourth-order valence-corrected chi connectivity index (χ4v) is 14.8. The predicted octanol–water partition coefficient (Wildman–Crippen LogP) is 1.94. The lowest BCUT2D eigenvalue weighted by Crippen LogP contribution is -2.74. The number of hydrogen-bond acceptors (Lipinski definition) is 3. The summed E-state index contributed by atoms with van der Waals surface area (Å²) in [7, 11) is 1.19. The molecule has 17 heavy (non-hydrogen) atoms. The highest BCUT2D eigenvalue weighted by molar-refractivity contribution is 6.88. The zero-order chi connectivity index (χ0) is 13.4. The number of nitrogens with zero attached hydrogens (tertiary/aromatic N) is 3. The van der Waals surface area contributed by atoms with Crippen molar-refractivity contribution >= 4 is 25.8 Å². The molecule has 0 unspecified atom stereocenters. The van der Waals surface area contributed by atoms with Crippen LogP contribution >= 0.6 is 0 Å². The van der Waals surface area contributed by atoms with Gasteiger partial charge in [0.1, 0.15) is 16.5 Å². The summed E-state index contributed by atoms with van der Waals surface area (Å²) in [4.78, 5) is 0. The van der Waals surface area contributed by atoms with Gasteiger partial charge in [0.25, 0.3) is 9.28 Å². The Hall–Kier alpha value is 0.531. The second kappa shape index (κ2) is 5.26. The molecular weight excluding hydrogens is 258 g/mol. The van der Waals surface area contributed by atoms with E-state index in [1.54, 1.807) is 0 Å². The van der Waals surface area contributed by atoms with Crippen LogP contribution in [0.4, 0.5) is 0 Å². The molecule has 0 radical (unpaired) electrons. The lowest BCUT2D eigenvalue weighted by atomic mass is 10.4. The summed E-state index contributed by atoms with van der Waals surface area (Å²) in [6.07, 6.45) is 1.37. The number of hydrogen-bond donors (Lipinski definition) is 0. The molecule has 1 aliphatic heterocycles. The van der Waals surface area contributed by atoms with E-state index in [1.807, 2.05) is 0 Å². The first-order valence-corrected chi connectivity index (χ1v) is 15.2. The van der Waals surface area contributed by atoms with Crippen molar-refractivity contribution in [3.05, 3.63) is 0 Å². The van der Waals surface area contributed by atoms with Gasteiger partial charge in [0.15, 0.2) is 0 Å². The van der Waals surface area contributed by atoms with Crippen LogP contribution in [-0.2, 0) is 0 Å². The van der Waals surface area contributed by atoms with Crippen LogP contribution < -0.4 is 0 Å². The van der Waals surface area contributed by atoms with Gasteiger partial charge in [0.2, 0.25) is 0 Å². The summed E-state index contributed by atoms with van der Waals surface area (Å²) in [5.74, 6) is 0. The van der Waals surface area contributed by atoms with Crippen molar-refractivity contribution in [2.24, 2.45) is 0 Å². The summed E-state index contributed by atoms with van der Waals surface area (Å²) >= 11 is 0. The molecule has 0 atom stereocenters. The second-order valence-electron chi connectivity index (χ2n) is 7.39. The van der Waals surface area contributed by atoms with Crippen molar-refractivity contribution in [1.82, 2.24) is 13.0 Å². The quantitative estimate of drug-likeness (QED) is 0.735. The van der Waals surface area contributed by atoms with E-state index < -0.39 is 25.8 Å². The van der Waals surface area contributed by atoms with E-state index in [2.05, 4.69) is 66.4 Å². The van der Waals surface area contributed by atoms with Crippen molar-refractivity contribution in [3.8, 4) is 0 Å². The predicted molar refractivity (Wildman–Crippen MR) is 85.6 cm³/mol. The monoisotopic (exact) mass is 289 g/mol. The topological polar surface area (TPSA) is 9.72 Å². The molecule has 0 amide bonds. The molecule has 0 aromatic heterocycles. The van der Waals surface area contributed by atoms with E-state index in [0.29, 0.717) is 0 Å². The summed E-state index contributed by atoms with van der Waals surface area (Å²) in [5, 5.41) is 0. The molecule has 0 bridgehead atoms. The van der Waals surface area contributed by atoms with Gasteiger partial charge in [-0.3, -0.25) is 0 Å². The summed E-state index contributed by atoms with van der Waals surface area (Å²) < 4.78 is 8.40. The van der Waals surface area contributed by atoms with Crippen LogP contribution in [0.5, 0.6) is 0 Å². The molecule has 0 saturated carbocycles. The van der Waals surface area contributed by atoms with Crippen LogP contribution in [-0.4, -0.2) is 66.0 Å². The maximum absolute atomic E-state index is 2.93. The summed E-state index contributed by atoms with van der Waals surface area (Å²) in [5.41, 5.74) is 0. The number of rotatable bonds is 3. The van der Waals surface area contributed by atoms with Crippen LogP contribution in [0, 0.1) is 0 Å². The van der Waals surface area contributed by atoms with Crippen LogP contribution in [0.1, 0.15) is 6.42 Å². The molecule has 0 aromatic rings. The van der Waals surface area contributed by atoms with Crippen molar-refractivity contribution in [3.63, 3.8) is 0 Å². The molecule has 1 heterocycles. The fraction of sp³-hybridized carbons (Fsp3) is 1.00. The van der Waals surface area contributed by atoms with Gasteiger partial charge in [-0.05, 0) is 33.6 Å². The Labute approximate surface area is 112 Å². The minimum atomic E-state index is -1.17. The van der Waals surface area contributed by atoms with Crippen molar-refractivity contribution in [2.45, 2.75) is 45.7 Å². The van der Waals surface area contributed by atoms with Gasteiger partial charge in [-0.1, -0.05) is 39.3 Å². The van der Waals surface area contributed by atoms with E-state index in [4.69, 9.17) is 0 Å². The van der Waals surface area contributed by atoms with Crippen LogP contribution in [0.3, 0.4) is 0 Å². The Morgan fingerprint density at radius 2 is 1.18 bits per heavy atom. The average Bonchev–Trinajstić information content (AvgIpc) is 2.13. The first-order chi connectivity index (χ1) is 7.55. The molecule has 0 N–H and O–H groups in total. The minimum absolute atomic E-state index is 1.06. The van der Waals surface area contributed by atoms with E-state index in [9.17, 15) is 0 Å². The third-order valence-electron chi connectivity index (χ3n) is 3.54. The van der Waals surface area contributed by atoms with E-state index in [1.165, 1.54) is 19.5 Å². The lowest BCUT2D eigenvalue weighted by molar-refractivity contribution is 0.374. The van der Waals surface area contributed by atoms with Gasteiger partial charge in [-0.25, -0.2) is 0 Å². The van der Waals surface area contributed by atoms with Crippen LogP contribution in [0.25, 0.3) is 0 Å². The minimum Gasteiger partial charge on any atom is -0.324 e. The van der Waals surface area contributed by atoms with E-state index in [0.717, 1.165) is 0 Å². The zero-order valence-corrected chi connectivity index (χ0v) is 16.2. The Kier molecular flexibility index (Phi) is 4.82. The third kappa shape index (κ3) is 3.74. The average molecular weight is 290 g/mol. The van der Waals surface area contributed by atoms with E-state index >= 15 is 0 Å². The SMILES string of the molecule is CN(C)[SiH]1N([Si](C)(C)C)CCCN1[Si](C)(C)C. The van der Waals surface area contributed by atoms with Crippen molar-refractivity contribution in [2.75, 3.05) is 27.2 Å². The Bertz CT molecular complexity index is 236. The Morgan fingerprint density at radius 1 is 0.824 bits per heavy atom. The maximum Gasteiger partial charge on any atom is 0.258 e. The maximum atomic E-state index is 2.93. The molecule has 1 saturated heterocycles. The van der Waals surface area contributed by atoms with Crippen LogP contribution in [0.2, 0.25) is 39.3 Å². The Balaban J connectivity index is 3.01. The van der Waals surface area contributed by atoms with Gasteiger partial charge < -0.3 is 13.0 Å². The van der Waals surface area contributed by atoms with Gasteiger partial charge >= 0.3 is 0 Å². The van der Waals surface area contributed by atoms with Crippen LogP contribution in [0.15, 0.2) is 0 Å². The third-order valence-corrected chi connectivity index (χ3v) is 16.0. The first-order valence-electron chi connectivity index (χ1n) is 6.75. The normalized spacial score (nSPS) is 22.4. The molecule has 1 rings (SSSR count). The second-order valence-corrected chi connectivity index (χ2v) is 21.2. The molecule has 0 aliphatic carbocycles.